The Kier molecular flexibility index (Phi) is 6.92. The zero-order valence-electron chi connectivity index (χ0n) is 12.3. The van der Waals surface area contributed by atoms with Gasteiger partial charge < -0.3 is 16.0 Å². The molecule has 0 radical (unpaired) electrons. The second-order valence-electron chi connectivity index (χ2n) is 4.67. The fourth-order valence-corrected chi connectivity index (χ4v) is 1.77. The molecule has 0 aliphatic rings. The summed E-state index contributed by atoms with van der Waals surface area (Å²) in [6.07, 6.45) is 0.306. The van der Waals surface area contributed by atoms with Crippen LogP contribution >= 0.6 is 0 Å². The summed E-state index contributed by atoms with van der Waals surface area (Å²) in [5, 5.41) is 16.9. The van der Waals surface area contributed by atoms with E-state index in [2.05, 4.69) is 16.0 Å². The van der Waals surface area contributed by atoms with E-state index in [1.54, 1.807) is 0 Å². The van der Waals surface area contributed by atoms with Gasteiger partial charge in [-0.3, -0.25) is 9.59 Å². The molecule has 1 unspecified atom stereocenters. The number of carbonyl (C=O) groups is 2. The topological polar surface area (TPSA) is 94.0 Å². The van der Waals surface area contributed by atoms with Crippen molar-refractivity contribution >= 4 is 17.5 Å². The van der Waals surface area contributed by atoms with Crippen molar-refractivity contribution in [1.82, 2.24) is 10.6 Å². The molecule has 6 nitrogen and oxygen atoms in total. The Morgan fingerprint density at radius 1 is 1.38 bits per heavy atom. The van der Waals surface area contributed by atoms with Crippen molar-refractivity contribution in [2.45, 2.75) is 26.3 Å². The summed E-state index contributed by atoms with van der Waals surface area (Å²) in [4.78, 5) is 22.6. The van der Waals surface area contributed by atoms with E-state index in [0.29, 0.717) is 13.0 Å². The molecule has 0 bridgehead atoms. The highest BCUT2D eigenvalue weighted by Gasteiger charge is 2.08. The van der Waals surface area contributed by atoms with Crippen LogP contribution in [0.1, 0.15) is 31.9 Å². The van der Waals surface area contributed by atoms with E-state index in [9.17, 15) is 9.59 Å². The Morgan fingerprint density at radius 3 is 2.81 bits per heavy atom. The molecular weight excluding hydrogens is 268 g/mol. The molecule has 1 rings (SSSR count). The van der Waals surface area contributed by atoms with E-state index in [1.165, 1.54) is 6.92 Å². The number of amides is 2. The zero-order chi connectivity index (χ0) is 15.7. The minimum Gasteiger partial charge on any atom is -0.354 e. The fraction of sp³-hybridized carbons (Fsp3) is 0.400. The molecule has 0 aliphatic heterocycles. The van der Waals surface area contributed by atoms with Gasteiger partial charge in [0.15, 0.2) is 0 Å². The highest BCUT2D eigenvalue weighted by atomic mass is 16.2. The van der Waals surface area contributed by atoms with Gasteiger partial charge in [0.05, 0.1) is 19.0 Å². The number of benzene rings is 1. The van der Waals surface area contributed by atoms with E-state index in [4.69, 9.17) is 5.26 Å². The van der Waals surface area contributed by atoms with Crippen LogP contribution in [0.3, 0.4) is 0 Å². The zero-order valence-corrected chi connectivity index (χ0v) is 12.3. The number of nitrogens with one attached hydrogen (secondary N) is 3. The summed E-state index contributed by atoms with van der Waals surface area (Å²) in [5.74, 6) is -0.264. The molecule has 1 aromatic carbocycles. The molecule has 1 atom stereocenters. The smallest absolute Gasteiger partial charge is 0.234 e. The first-order valence-electron chi connectivity index (χ1n) is 6.77. The van der Waals surface area contributed by atoms with Crippen LogP contribution in [0.2, 0.25) is 0 Å². The first-order chi connectivity index (χ1) is 10.0. The predicted molar refractivity (Wildman–Crippen MR) is 80.4 cm³/mol. The molecule has 6 heteroatoms. The maximum atomic E-state index is 11.5. The number of nitriles is 1. The molecule has 0 aliphatic carbocycles. The standard InChI is InChI=1S/C15H20N4O2/c1-11(18-10-15(21)17-8-4-7-16)13-5-3-6-14(9-13)19-12(2)20/h3,5-6,9,11,18H,4,8,10H2,1-2H3,(H,17,21)(H,19,20). The molecule has 21 heavy (non-hydrogen) atoms. The lowest BCUT2D eigenvalue weighted by molar-refractivity contribution is -0.120. The molecule has 0 saturated heterocycles. The average molecular weight is 288 g/mol. The van der Waals surface area contributed by atoms with Crippen LogP contribution in [0.15, 0.2) is 24.3 Å². The van der Waals surface area contributed by atoms with Gasteiger partial charge in [0.25, 0.3) is 0 Å². The normalized spacial score (nSPS) is 11.3. The van der Waals surface area contributed by atoms with Crippen molar-refractivity contribution in [2.24, 2.45) is 0 Å². The monoisotopic (exact) mass is 288 g/mol. The van der Waals surface area contributed by atoms with Crippen molar-refractivity contribution in [1.29, 1.82) is 5.26 Å². The van der Waals surface area contributed by atoms with E-state index >= 15 is 0 Å². The minimum atomic E-state index is -0.143. The summed E-state index contributed by atoms with van der Waals surface area (Å²) >= 11 is 0. The highest BCUT2D eigenvalue weighted by molar-refractivity contribution is 5.88. The lowest BCUT2D eigenvalue weighted by atomic mass is 10.1. The maximum absolute atomic E-state index is 11.5. The highest BCUT2D eigenvalue weighted by Crippen LogP contribution is 2.17. The number of anilines is 1. The van der Waals surface area contributed by atoms with Crippen LogP contribution in [-0.2, 0) is 9.59 Å². The van der Waals surface area contributed by atoms with Gasteiger partial charge >= 0.3 is 0 Å². The van der Waals surface area contributed by atoms with E-state index < -0.39 is 0 Å². The summed E-state index contributed by atoms with van der Waals surface area (Å²) in [7, 11) is 0. The van der Waals surface area contributed by atoms with Crippen molar-refractivity contribution < 1.29 is 9.59 Å². The van der Waals surface area contributed by atoms with Gasteiger partial charge in [-0.1, -0.05) is 12.1 Å². The summed E-state index contributed by atoms with van der Waals surface area (Å²) < 4.78 is 0. The summed E-state index contributed by atoms with van der Waals surface area (Å²) in [6, 6.07) is 9.40. The lowest BCUT2D eigenvalue weighted by Crippen LogP contribution is -2.35. The molecule has 2 amide bonds. The first kappa shape index (κ1) is 16.7. The van der Waals surface area contributed by atoms with Crippen LogP contribution in [0.5, 0.6) is 0 Å². The SMILES string of the molecule is CC(=O)Nc1cccc(C(C)NCC(=O)NCCC#N)c1. The quantitative estimate of drug-likeness (QED) is 0.660. The predicted octanol–water partition coefficient (Wildman–Crippen LogP) is 1.33. The summed E-state index contributed by atoms with van der Waals surface area (Å²) in [6.45, 7) is 3.94. The molecule has 112 valence electrons. The minimum absolute atomic E-state index is 0.0274. The van der Waals surface area contributed by atoms with Crippen LogP contribution in [-0.4, -0.2) is 24.9 Å². The van der Waals surface area contributed by atoms with Crippen molar-refractivity contribution in [3.05, 3.63) is 29.8 Å². The largest absolute Gasteiger partial charge is 0.354 e. The first-order valence-corrected chi connectivity index (χ1v) is 6.77. The molecule has 0 heterocycles. The van der Waals surface area contributed by atoms with Crippen LogP contribution in [0.4, 0.5) is 5.69 Å². The molecular formula is C15H20N4O2. The number of carbonyl (C=O) groups excluding carboxylic acids is 2. The number of hydrogen-bond donors (Lipinski definition) is 3. The third-order valence-corrected chi connectivity index (χ3v) is 2.83. The summed E-state index contributed by atoms with van der Waals surface area (Å²) in [5.41, 5.74) is 1.71. The number of nitrogens with zero attached hydrogens (tertiary/aromatic N) is 1. The van der Waals surface area contributed by atoms with Gasteiger partial charge in [0.2, 0.25) is 11.8 Å². The number of rotatable bonds is 7. The van der Waals surface area contributed by atoms with Crippen molar-refractivity contribution in [3.63, 3.8) is 0 Å². The Hall–Kier alpha value is -2.39. The van der Waals surface area contributed by atoms with E-state index in [-0.39, 0.29) is 24.4 Å². The molecule has 0 fully saturated rings. The van der Waals surface area contributed by atoms with E-state index in [0.717, 1.165) is 11.3 Å². The Labute approximate surface area is 124 Å². The fourth-order valence-electron chi connectivity index (χ4n) is 1.77. The van der Waals surface area contributed by atoms with Crippen LogP contribution in [0, 0.1) is 11.3 Å². The van der Waals surface area contributed by atoms with E-state index in [1.807, 2.05) is 37.3 Å². The van der Waals surface area contributed by atoms with Crippen LogP contribution < -0.4 is 16.0 Å². The second kappa shape index (κ2) is 8.72. The van der Waals surface area contributed by atoms with Crippen molar-refractivity contribution in [2.75, 3.05) is 18.4 Å². The molecule has 0 aromatic heterocycles. The lowest BCUT2D eigenvalue weighted by Gasteiger charge is -2.15. The average Bonchev–Trinajstić information content (AvgIpc) is 2.44. The maximum Gasteiger partial charge on any atom is 0.234 e. The van der Waals surface area contributed by atoms with Gasteiger partial charge in [-0.2, -0.15) is 5.26 Å². The molecule has 0 spiro atoms. The van der Waals surface area contributed by atoms with Crippen molar-refractivity contribution in [3.8, 4) is 6.07 Å². The van der Waals surface area contributed by atoms with Gasteiger partial charge in [-0.05, 0) is 24.6 Å². The Bertz CT molecular complexity index is 537. The van der Waals surface area contributed by atoms with Gasteiger partial charge in [0.1, 0.15) is 0 Å². The third-order valence-electron chi connectivity index (χ3n) is 2.83. The Balaban J connectivity index is 2.48. The molecule has 1 aromatic rings. The van der Waals surface area contributed by atoms with Gasteiger partial charge in [0, 0.05) is 25.2 Å². The molecule has 3 N–H and O–H groups in total. The van der Waals surface area contributed by atoms with Crippen LogP contribution in [0.25, 0.3) is 0 Å². The second-order valence-corrected chi connectivity index (χ2v) is 4.67. The third kappa shape index (κ3) is 6.54. The van der Waals surface area contributed by atoms with Gasteiger partial charge in [-0.15, -0.1) is 0 Å². The number of hydrogen-bond acceptors (Lipinski definition) is 4. The Morgan fingerprint density at radius 2 is 2.14 bits per heavy atom. The van der Waals surface area contributed by atoms with Gasteiger partial charge in [-0.25, -0.2) is 0 Å². The molecule has 0 saturated carbocycles.